The maximum Gasteiger partial charge on any atom is 0.258 e. The molecule has 0 unspecified atom stereocenters. The molecule has 110 valence electrons. The fourth-order valence-electron chi connectivity index (χ4n) is 2.68. The Bertz CT molecular complexity index is 454. The second-order valence-electron chi connectivity index (χ2n) is 5.49. The molecule has 0 saturated heterocycles. The zero-order valence-electron chi connectivity index (χ0n) is 12.2. The third-order valence-corrected chi connectivity index (χ3v) is 3.71. The molecule has 3 N–H and O–H groups in total. The topological polar surface area (TPSA) is 64.3 Å². The molecule has 1 aromatic rings. The SMILES string of the molecule is Cc1ccc(OCC(=O)NC2CCCC2)c(CCN)c1. The van der Waals surface area contributed by atoms with Gasteiger partial charge in [0.1, 0.15) is 5.75 Å². The number of carbonyl (C=O) groups excluding carboxylic acids is 1. The van der Waals surface area contributed by atoms with E-state index in [1.54, 1.807) is 0 Å². The summed E-state index contributed by atoms with van der Waals surface area (Å²) in [5.41, 5.74) is 7.86. The summed E-state index contributed by atoms with van der Waals surface area (Å²) < 4.78 is 5.65. The average molecular weight is 276 g/mol. The number of ether oxygens (including phenoxy) is 1. The Morgan fingerprint density at radius 2 is 2.15 bits per heavy atom. The van der Waals surface area contributed by atoms with Gasteiger partial charge in [-0.2, -0.15) is 0 Å². The first kappa shape index (κ1) is 14.9. The molecule has 0 heterocycles. The minimum Gasteiger partial charge on any atom is -0.483 e. The summed E-state index contributed by atoms with van der Waals surface area (Å²) in [7, 11) is 0. The van der Waals surface area contributed by atoms with Crippen LogP contribution in [0.15, 0.2) is 18.2 Å². The maximum atomic E-state index is 11.8. The lowest BCUT2D eigenvalue weighted by molar-refractivity contribution is -0.123. The molecule has 1 aromatic carbocycles. The summed E-state index contributed by atoms with van der Waals surface area (Å²) in [5.74, 6) is 0.735. The largest absolute Gasteiger partial charge is 0.483 e. The molecular weight excluding hydrogens is 252 g/mol. The lowest BCUT2D eigenvalue weighted by atomic mass is 10.1. The number of nitrogens with one attached hydrogen (secondary N) is 1. The third-order valence-electron chi connectivity index (χ3n) is 3.71. The molecule has 0 bridgehead atoms. The van der Waals surface area contributed by atoms with Crippen molar-refractivity contribution in [2.24, 2.45) is 5.73 Å². The number of rotatable bonds is 6. The molecule has 4 heteroatoms. The zero-order chi connectivity index (χ0) is 14.4. The number of aryl methyl sites for hydroxylation is 1. The van der Waals surface area contributed by atoms with Crippen LogP contribution in [0.3, 0.4) is 0 Å². The summed E-state index contributed by atoms with van der Waals surface area (Å²) in [6, 6.07) is 6.32. The van der Waals surface area contributed by atoms with Crippen molar-refractivity contribution in [2.75, 3.05) is 13.2 Å². The second kappa shape index (κ2) is 7.29. The van der Waals surface area contributed by atoms with E-state index in [1.165, 1.54) is 18.4 Å². The summed E-state index contributed by atoms with van der Waals surface area (Å²) in [6.07, 6.45) is 5.37. The van der Waals surface area contributed by atoms with Gasteiger partial charge in [-0.3, -0.25) is 4.79 Å². The Kier molecular flexibility index (Phi) is 5.41. The van der Waals surface area contributed by atoms with Gasteiger partial charge in [0.05, 0.1) is 0 Å². The molecule has 0 atom stereocenters. The molecule has 0 spiro atoms. The van der Waals surface area contributed by atoms with Crippen LogP contribution in [-0.2, 0) is 11.2 Å². The molecule has 1 aliphatic rings. The predicted molar refractivity (Wildman–Crippen MR) is 79.8 cm³/mol. The molecule has 1 aliphatic carbocycles. The summed E-state index contributed by atoms with van der Waals surface area (Å²) >= 11 is 0. The Morgan fingerprint density at radius 1 is 1.40 bits per heavy atom. The monoisotopic (exact) mass is 276 g/mol. The van der Waals surface area contributed by atoms with Crippen molar-refractivity contribution in [3.8, 4) is 5.75 Å². The summed E-state index contributed by atoms with van der Waals surface area (Å²) in [6.45, 7) is 2.70. The van der Waals surface area contributed by atoms with Gasteiger partial charge >= 0.3 is 0 Å². The number of hydrogen-bond acceptors (Lipinski definition) is 3. The van der Waals surface area contributed by atoms with Crippen molar-refractivity contribution in [1.29, 1.82) is 0 Å². The minimum absolute atomic E-state index is 0.0313. The Balaban J connectivity index is 1.87. The summed E-state index contributed by atoms with van der Waals surface area (Å²) in [4.78, 5) is 11.8. The first-order chi connectivity index (χ1) is 9.69. The van der Waals surface area contributed by atoms with Crippen LogP contribution in [0, 0.1) is 6.92 Å². The van der Waals surface area contributed by atoms with Crippen molar-refractivity contribution >= 4 is 5.91 Å². The highest BCUT2D eigenvalue weighted by Gasteiger charge is 2.17. The van der Waals surface area contributed by atoms with Crippen LogP contribution in [-0.4, -0.2) is 25.1 Å². The van der Waals surface area contributed by atoms with E-state index in [1.807, 2.05) is 19.1 Å². The van der Waals surface area contributed by atoms with E-state index in [0.29, 0.717) is 12.6 Å². The van der Waals surface area contributed by atoms with Crippen LogP contribution < -0.4 is 15.8 Å². The van der Waals surface area contributed by atoms with Crippen molar-refractivity contribution in [1.82, 2.24) is 5.32 Å². The van der Waals surface area contributed by atoms with Crippen LogP contribution in [0.4, 0.5) is 0 Å². The number of hydrogen-bond donors (Lipinski definition) is 2. The van der Waals surface area contributed by atoms with Gasteiger partial charge in [0.25, 0.3) is 5.91 Å². The Hall–Kier alpha value is -1.55. The number of carbonyl (C=O) groups is 1. The maximum absolute atomic E-state index is 11.8. The highest BCUT2D eigenvalue weighted by atomic mass is 16.5. The molecule has 0 radical (unpaired) electrons. The minimum atomic E-state index is -0.0313. The van der Waals surface area contributed by atoms with Crippen molar-refractivity contribution in [3.63, 3.8) is 0 Å². The third kappa shape index (κ3) is 4.23. The van der Waals surface area contributed by atoms with E-state index < -0.39 is 0 Å². The number of amides is 1. The van der Waals surface area contributed by atoms with Crippen LogP contribution in [0.25, 0.3) is 0 Å². The van der Waals surface area contributed by atoms with Gasteiger partial charge in [0.15, 0.2) is 6.61 Å². The van der Waals surface area contributed by atoms with E-state index in [2.05, 4.69) is 11.4 Å². The van der Waals surface area contributed by atoms with E-state index in [9.17, 15) is 4.79 Å². The molecule has 4 nitrogen and oxygen atoms in total. The van der Waals surface area contributed by atoms with Crippen LogP contribution in [0.5, 0.6) is 5.75 Å². The average Bonchev–Trinajstić information content (AvgIpc) is 2.91. The standard InChI is InChI=1S/C16H24N2O2/c1-12-6-7-15(13(10-12)8-9-17)20-11-16(19)18-14-4-2-3-5-14/h6-7,10,14H,2-5,8-9,11,17H2,1H3,(H,18,19). The Labute approximate surface area is 120 Å². The summed E-state index contributed by atoms with van der Waals surface area (Å²) in [5, 5.41) is 3.02. The van der Waals surface area contributed by atoms with Crippen LogP contribution >= 0.6 is 0 Å². The first-order valence-electron chi connectivity index (χ1n) is 7.41. The van der Waals surface area contributed by atoms with E-state index in [4.69, 9.17) is 10.5 Å². The zero-order valence-corrected chi connectivity index (χ0v) is 12.2. The van der Waals surface area contributed by atoms with E-state index >= 15 is 0 Å². The van der Waals surface area contributed by atoms with E-state index in [0.717, 1.165) is 30.6 Å². The normalized spacial score (nSPS) is 15.3. The van der Waals surface area contributed by atoms with Gasteiger partial charge in [-0.15, -0.1) is 0 Å². The number of nitrogens with two attached hydrogens (primary N) is 1. The molecule has 1 saturated carbocycles. The fraction of sp³-hybridized carbons (Fsp3) is 0.562. The van der Waals surface area contributed by atoms with Gasteiger partial charge in [-0.05, 0) is 44.4 Å². The molecule has 1 amide bonds. The van der Waals surface area contributed by atoms with Gasteiger partial charge in [0.2, 0.25) is 0 Å². The quantitative estimate of drug-likeness (QED) is 0.834. The molecule has 2 rings (SSSR count). The van der Waals surface area contributed by atoms with Gasteiger partial charge < -0.3 is 15.8 Å². The van der Waals surface area contributed by atoms with Gasteiger partial charge in [-0.25, -0.2) is 0 Å². The van der Waals surface area contributed by atoms with Crippen LogP contribution in [0.1, 0.15) is 36.8 Å². The highest BCUT2D eigenvalue weighted by Crippen LogP contribution is 2.21. The van der Waals surface area contributed by atoms with Crippen molar-refractivity contribution < 1.29 is 9.53 Å². The van der Waals surface area contributed by atoms with Crippen molar-refractivity contribution in [3.05, 3.63) is 29.3 Å². The first-order valence-corrected chi connectivity index (χ1v) is 7.41. The highest BCUT2D eigenvalue weighted by molar-refractivity contribution is 5.77. The lowest BCUT2D eigenvalue weighted by Crippen LogP contribution is -2.36. The lowest BCUT2D eigenvalue weighted by Gasteiger charge is -2.14. The molecule has 0 aromatic heterocycles. The number of benzene rings is 1. The smallest absolute Gasteiger partial charge is 0.258 e. The van der Waals surface area contributed by atoms with E-state index in [-0.39, 0.29) is 12.5 Å². The van der Waals surface area contributed by atoms with Crippen molar-refractivity contribution in [2.45, 2.75) is 45.1 Å². The molecule has 1 fully saturated rings. The van der Waals surface area contributed by atoms with Gasteiger partial charge in [0, 0.05) is 6.04 Å². The van der Waals surface area contributed by atoms with Gasteiger partial charge in [-0.1, -0.05) is 30.5 Å². The Morgan fingerprint density at radius 3 is 2.85 bits per heavy atom. The second-order valence-corrected chi connectivity index (χ2v) is 5.49. The fourth-order valence-corrected chi connectivity index (χ4v) is 2.68. The van der Waals surface area contributed by atoms with Crippen LogP contribution in [0.2, 0.25) is 0 Å². The predicted octanol–water partition coefficient (Wildman–Crippen LogP) is 1.93. The molecule has 0 aliphatic heterocycles. The molecule has 20 heavy (non-hydrogen) atoms. The molecular formula is C16H24N2O2.